The summed E-state index contributed by atoms with van der Waals surface area (Å²) < 4.78 is 6.24. The summed E-state index contributed by atoms with van der Waals surface area (Å²) in [5.74, 6) is 0.403. The van der Waals surface area contributed by atoms with Gasteiger partial charge in [0, 0.05) is 25.2 Å². The molecule has 1 aliphatic heterocycles. The summed E-state index contributed by atoms with van der Waals surface area (Å²) in [7, 11) is 0. The second-order valence-electron chi connectivity index (χ2n) is 6.36. The first-order valence-electron chi connectivity index (χ1n) is 8.49. The number of amides is 1. The first kappa shape index (κ1) is 17.9. The molecule has 7 nitrogen and oxygen atoms in total. The topological polar surface area (TPSA) is 93.4 Å². The molecule has 1 aliphatic carbocycles. The summed E-state index contributed by atoms with van der Waals surface area (Å²) in [5.41, 5.74) is 5.66. The highest BCUT2D eigenvalue weighted by atomic mass is 32.2. The van der Waals surface area contributed by atoms with Crippen molar-refractivity contribution >= 4 is 34.1 Å². The Morgan fingerprint density at radius 1 is 1.29 bits per heavy atom. The molecule has 0 bridgehead atoms. The number of nitrogens with two attached hydrogens (primary N) is 1. The second-order valence-corrected chi connectivity index (χ2v) is 8.59. The van der Waals surface area contributed by atoms with E-state index in [-0.39, 0.29) is 11.4 Å². The van der Waals surface area contributed by atoms with Gasteiger partial charge in [0.05, 0.1) is 19.0 Å². The fourth-order valence-corrected chi connectivity index (χ4v) is 5.04. The van der Waals surface area contributed by atoms with Crippen molar-refractivity contribution in [2.45, 2.75) is 42.0 Å². The van der Waals surface area contributed by atoms with E-state index < -0.39 is 0 Å². The molecule has 9 heteroatoms. The molecule has 2 heterocycles. The molecular weight excluding hydrogens is 346 g/mol. The van der Waals surface area contributed by atoms with Crippen molar-refractivity contribution in [2.75, 3.05) is 44.3 Å². The number of hydrogen-bond donors (Lipinski definition) is 2. The third-order valence-corrected chi connectivity index (χ3v) is 6.72. The zero-order chi connectivity index (χ0) is 16.8. The zero-order valence-corrected chi connectivity index (χ0v) is 15.5. The van der Waals surface area contributed by atoms with E-state index in [1.54, 1.807) is 0 Å². The van der Waals surface area contributed by atoms with Crippen LogP contribution in [0.3, 0.4) is 0 Å². The molecule has 2 fully saturated rings. The van der Waals surface area contributed by atoms with E-state index in [0.29, 0.717) is 10.9 Å². The number of nitrogen functional groups attached to an aromatic ring is 1. The Morgan fingerprint density at radius 3 is 2.71 bits per heavy atom. The summed E-state index contributed by atoms with van der Waals surface area (Å²) in [6, 6.07) is 0. The molecule has 0 atom stereocenters. The van der Waals surface area contributed by atoms with E-state index in [0.717, 1.165) is 50.0 Å². The lowest BCUT2D eigenvalue weighted by Crippen LogP contribution is -2.59. The fourth-order valence-electron chi connectivity index (χ4n) is 3.57. The van der Waals surface area contributed by atoms with E-state index in [2.05, 4.69) is 20.4 Å². The number of carbonyl (C=O) groups is 1. The molecule has 0 unspecified atom stereocenters. The van der Waals surface area contributed by atoms with Crippen LogP contribution in [0.4, 0.5) is 5.13 Å². The number of anilines is 1. The van der Waals surface area contributed by atoms with E-state index >= 15 is 0 Å². The van der Waals surface area contributed by atoms with Gasteiger partial charge in [-0.2, -0.15) is 0 Å². The number of morpholine rings is 1. The van der Waals surface area contributed by atoms with Crippen molar-refractivity contribution in [3.05, 3.63) is 0 Å². The molecule has 1 saturated heterocycles. The maximum absolute atomic E-state index is 12.2. The average Bonchev–Trinajstić information content (AvgIpc) is 3.05. The van der Waals surface area contributed by atoms with Gasteiger partial charge >= 0.3 is 0 Å². The van der Waals surface area contributed by atoms with Crippen LogP contribution in [0, 0.1) is 0 Å². The van der Waals surface area contributed by atoms with Gasteiger partial charge in [-0.15, -0.1) is 10.2 Å². The van der Waals surface area contributed by atoms with Gasteiger partial charge in [-0.25, -0.2) is 0 Å². The molecule has 1 aromatic rings. The van der Waals surface area contributed by atoms with Crippen LogP contribution < -0.4 is 11.1 Å². The van der Waals surface area contributed by atoms with Gasteiger partial charge in [0.1, 0.15) is 0 Å². The van der Waals surface area contributed by atoms with Crippen LogP contribution in [-0.2, 0) is 9.53 Å². The van der Waals surface area contributed by atoms with E-state index in [1.165, 1.54) is 42.4 Å². The Hall–Kier alpha value is -0.900. The number of thioether (sulfide) groups is 1. The number of ether oxygens (including phenoxy) is 1. The van der Waals surface area contributed by atoms with Crippen LogP contribution in [0.5, 0.6) is 0 Å². The summed E-state index contributed by atoms with van der Waals surface area (Å²) >= 11 is 2.70. The Balaban J connectivity index is 1.51. The molecule has 0 aromatic carbocycles. The number of nitrogens with zero attached hydrogens (tertiary/aromatic N) is 3. The lowest BCUT2D eigenvalue weighted by Gasteiger charge is -2.48. The highest BCUT2D eigenvalue weighted by Gasteiger charge is 2.38. The molecule has 134 valence electrons. The van der Waals surface area contributed by atoms with Crippen LogP contribution in [0.2, 0.25) is 0 Å². The minimum atomic E-state index is 0.0481. The minimum absolute atomic E-state index is 0.0481. The molecule has 3 N–H and O–H groups in total. The molecule has 0 radical (unpaired) electrons. The molecule has 0 spiro atoms. The van der Waals surface area contributed by atoms with Gasteiger partial charge in [-0.05, 0) is 12.8 Å². The summed E-state index contributed by atoms with van der Waals surface area (Å²) in [5, 5.41) is 11.3. The maximum atomic E-state index is 12.2. The number of rotatable bonds is 6. The van der Waals surface area contributed by atoms with Crippen LogP contribution in [-0.4, -0.2) is 65.1 Å². The molecule has 3 rings (SSSR count). The second kappa shape index (κ2) is 8.46. The third kappa shape index (κ3) is 4.59. The summed E-state index contributed by atoms with van der Waals surface area (Å²) in [4.78, 5) is 14.8. The monoisotopic (exact) mass is 371 g/mol. The number of nitrogens with one attached hydrogen (secondary N) is 1. The van der Waals surface area contributed by atoms with Gasteiger partial charge in [0.25, 0.3) is 0 Å². The third-order valence-electron chi connectivity index (χ3n) is 4.83. The van der Waals surface area contributed by atoms with Gasteiger partial charge < -0.3 is 15.8 Å². The minimum Gasteiger partial charge on any atom is -0.379 e. The fraction of sp³-hybridized carbons (Fsp3) is 0.800. The number of hydrogen-bond acceptors (Lipinski definition) is 8. The van der Waals surface area contributed by atoms with E-state index in [4.69, 9.17) is 10.5 Å². The Morgan fingerprint density at radius 2 is 2.04 bits per heavy atom. The highest BCUT2D eigenvalue weighted by Crippen LogP contribution is 2.34. The lowest BCUT2D eigenvalue weighted by atomic mass is 9.79. The lowest BCUT2D eigenvalue weighted by molar-refractivity contribution is -0.119. The molecule has 24 heavy (non-hydrogen) atoms. The smallest absolute Gasteiger partial charge is 0.230 e. The largest absolute Gasteiger partial charge is 0.379 e. The number of carbonyl (C=O) groups excluding carboxylic acids is 1. The van der Waals surface area contributed by atoms with E-state index in [1.807, 2.05) is 0 Å². The summed E-state index contributed by atoms with van der Waals surface area (Å²) in [6.45, 7) is 4.25. The van der Waals surface area contributed by atoms with Crippen molar-refractivity contribution < 1.29 is 9.53 Å². The SMILES string of the molecule is Nc1nnc(SCC(=O)NCC2(N3CCOCC3)CCCCC2)s1. The van der Waals surface area contributed by atoms with Crippen LogP contribution >= 0.6 is 23.1 Å². The van der Waals surface area contributed by atoms with Crippen molar-refractivity contribution in [2.24, 2.45) is 0 Å². The van der Waals surface area contributed by atoms with Crippen molar-refractivity contribution in [1.82, 2.24) is 20.4 Å². The van der Waals surface area contributed by atoms with Crippen LogP contribution in [0.25, 0.3) is 0 Å². The highest BCUT2D eigenvalue weighted by molar-refractivity contribution is 8.01. The van der Waals surface area contributed by atoms with Gasteiger partial charge in [0.15, 0.2) is 4.34 Å². The van der Waals surface area contributed by atoms with Gasteiger partial charge in [0.2, 0.25) is 11.0 Å². The quantitative estimate of drug-likeness (QED) is 0.729. The first-order chi connectivity index (χ1) is 11.7. The first-order valence-corrected chi connectivity index (χ1v) is 10.3. The van der Waals surface area contributed by atoms with Crippen LogP contribution in [0.15, 0.2) is 4.34 Å². The van der Waals surface area contributed by atoms with Crippen molar-refractivity contribution in [3.8, 4) is 0 Å². The predicted octanol–water partition coefficient (Wildman–Crippen LogP) is 1.36. The zero-order valence-electron chi connectivity index (χ0n) is 13.8. The normalized spacial score (nSPS) is 21.5. The van der Waals surface area contributed by atoms with E-state index in [9.17, 15) is 4.79 Å². The van der Waals surface area contributed by atoms with Gasteiger partial charge in [-0.1, -0.05) is 42.4 Å². The number of aromatic nitrogens is 2. The molecular formula is C15H25N5O2S2. The van der Waals surface area contributed by atoms with Crippen molar-refractivity contribution in [3.63, 3.8) is 0 Å². The Kier molecular flexibility index (Phi) is 6.31. The van der Waals surface area contributed by atoms with Crippen LogP contribution in [0.1, 0.15) is 32.1 Å². The average molecular weight is 372 g/mol. The molecule has 1 amide bonds. The molecule has 2 aliphatic rings. The molecule has 1 saturated carbocycles. The molecule has 1 aromatic heterocycles. The van der Waals surface area contributed by atoms with Crippen molar-refractivity contribution in [1.29, 1.82) is 0 Å². The van der Waals surface area contributed by atoms with Gasteiger partial charge in [-0.3, -0.25) is 9.69 Å². The standard InChI is InChI=1S/C15H25N5O2S2/c16-13-18-19-14(24-13)23-10-12(21)17-11-15(4-2-1-3-5-15)20-6-8-22-9-7-20/h1-11H2,(H2,16,18)(H,17,21). The predicted molar refractivity (Wildman–Crippen MR) is 96.3 cm³/mol. The maximum Gasteiger partial charge on any atom is 0.230 e. The Bertz CT molecular complexity index is 542. The Labute approximate surface area is 150 Å². The summed E-state index contributed by atoms with van der Waals surface area (Å²) in [6.07, 6.45) is 6.10.